The predicted molar refractivity (Wildman–Crippen MR) is 63.4 cm³/mol. The molecular formula is C11H20N2O5. The van der Waals surface area contributed by atoms with Crippen LogP contribution in [0.25, 0.3) is 0 Å². The highest BCUT2D eigenvalue weighted by Gasteiger charge is 2.22. The summed E-state index contributed by atoms with van der Waals surface area (Å²) in [4.78, 5) is 22.5. The van der Waals surface area contributed by atoms with Gasteiger partial charge in [-0.15, -0.1) is 0 Å². The van der Waals surface area contributed by atoms with E-state index in [0.717, 1.165) is 6.42 Å². The summed E-state index contributed by atoms with van der Waals surface area (Å²) >= 11 is 0. The summed E-state index contributed by atoms with van der Waals surface area (Å²) in [6, 6.07) is -1.38. The Balaban J connectivity index is 2.29. The van der Waals surface area contributed by atoms with Gasteiger partial charge < -0.3 is 25.2 Å². The number of rotatable bonds is 7. The maximum atomic E-state index is 11.6. The molecule has 7 nitrogen and oxygen atoms in total. The maximum Gasteiger partial charge on any atom is 0.326 e. The highest BCUT2D eigenvalue weighted by molar-refractivity contribution is 5.82. The van der Waals surface area contributed by atoms with Gasteiger partial charge in [-0.05, 0) is 19.3 Å². The molecule has 1 fully saturated rings. The van der Waals surface area contributed by atoms with Crippen LogP contribution in [-0.2, 0) is 14.3 Å². The Hall–Kier alpha value is -1.34. The number of nitrogens with one attached hydrogen (secondary N) is 2. The molecule has 0 spiro atoms. The van der Waals surface area contributed by atoms with Crippen LogP contribution in [0.15, 0.2) is 0 Å². The summed E-state index contributed by atoms with van der Waals surface area (Å²) in [5, 5.41) is 14.1. The second kappa shape index (κ2) is 7.88. The molecule has 7 heteroatoms. The zero-order valence-corrected chi connectivity index (χ0v) is 10.5. The van der Waals surface area contributed by atoms with E-state index >= 15 is 0 Å². The summed E-state index contributed by atoms with van der Waals surface area (Å²) in [6.07, 6.45) is 1.69. The first-order valence-electron chi connectivity index (χ1n) is 6.00. The molecule has 0 saturated carbocycles. The molecule has 1 rings (SSSR count). The second-order valence-corrected chi connectivity index (χ2v) is 4.20. The van der Waals surface area contributed by atoms with Gasteiger partial charge in [-0.2, -0.15) is 0 Å². The topological polar surface area (TPSA) is 96.9 Å². The van der Waals surface area contributed by atoms with Crippen LogP contribution in [0.5, 0.6) is 0 Å². The number of hydrogen-bond donors (Lipinski definition) is 3. The number of carboxylic acid groups (broad SMARTS) is 1. The Morgan fingerprint density at radius 1 is 1.56 bits per heavy atom. The third-order valence-corrected chi connectivity index (χ3v) is 2.71. The van der Waals surface area contributed by atoms with Crippen LogP contribution in [-0.4, -0.2) is 56.1 Å². The van der Waals surface area contributed by atoms with Crippen LogP contribution in [0, 0.1) is 0 Å². The molecule has 2 unspecified atom stereocenters. The molecule has 2 atom stereocenters. The van der Waals surface area contributed by atoms with Crippen LogP contribution < -0.4 is 10.6 Å². The Bertz CT molecular complexity index is 279. The highest BCUT2D eigenvalue weighted by atomic mass is 16.5. The lowest BCUT2D eigenvalue weighted by atomic mass is 10.1. The van der Waals surface area contributed by atoms with Gasteiger partial charge in [0, 0.05) is 20.3 Å². The van der Waals surface area contributed by atoms with Gasteiger partial charge in [0.25, 0.3) is 0 Å². The van der Waals surface area contributed by atoms with Crippen LogP contribution >= 0.6 is 0 Å². The van der Waals surface area contributed by atoms with E-state index in [1.807, 2.05) is 0 Å². The normalized spacial score (nSPS) is 20.4. The highest BCUT2D eigenvalue weighted by Crippen LogP contribution is 2.03. The van der Waals surface area contributed by atoms with E-state index < -0.39 is 18.0 Å². The van der Waals surface area contributed by atoms with E-state index in [0.29, 0.717) is 32.7 Å². The molecule has 0 aromatic carbocycles. The van der Waals surface area contributed by atoms with Crippen molar-refractivity contribution in [3.63, 3.8) is 0 Å². The summed E-state index contributed by atoms with van der Waals surface area (Å²) < 4.78 is 9.96. The number of carboxylic acids is 1. The summed E-state index contributed by atoms with van der Waals surface area (Å²) in [6.45, 7) is 1.58. The maximum absolute atomic E-state index is 11.6. The molecule has 1 heterocycles. The Morgan fingerprint density at radius 2 is 2.33 bits per heavy atom. The first kappa shape index (κ1) is 14.7. The van der Waals surface area contributed by atoms with Gasteiger partial charge in [0.15, 0.2) is 0 Å². The lowest BCUT2D eigenvalue weighted by Crippen LogP contribution is -2.49. The van der Waals surface area contributed by atoms with Crippen LogP contribution in [0.3, 0.4) is 0 Å². The second-order valence-electron chi connectivity index (χ2n) is 4.20. The monoisotopic (exact) mass is 260 g/mol. The molecule has 18 heavy (non-hydrogen) atoms. The minimum atomic E-state index is -1.04. The molecule has 0 bridgehead atoms. The zero-order valence-electron chi connectivity index (χ0n) is 10.5. The number of carbonyl (C=O) groups excluding carboxylic acids is 1. The summed E-state index contributed by atoms with van der Waals surface area (Å²) in [5.74, 6) is -1.04. The van der Waals surface area contributed by atoms with Gasteiger partial charge in [0.1, 0.15) is 6.04 Å². The van der Waals surface area contributed by atoms with Crippen molar-refractivity contribution in [1.29, 1.82) is 0 Å². The van der Waals surface area contributed by atoms with Crippen molar-refractivity contribution in [2.45, 2.75) is 31.3 Å². The number of urea groups is 1. The van der Waals surface area contributed by atoms with Crippen molar-refractivity contribution in [3.8, 4) is 0 Å². The van der Waals surface area contributed by atoms with E-state index in [9.17, 15) is 9.59 Å². The minimum Gasteiger partial charge on any atom is -0.480 e. The largest absolute Gasteiger partial charge is 0.480 e. The molecule has 104 valence electrons. The van der Waals surface area contributed by atoms with E-state index in [4.69, 9.17) is 14.6 Å². The van der Waals surface area contributed by atoms with Gasteiger partial charge in [0.05, 0.1) is 12.6 Å². The smallest absolute Gasteiger partial charge is 0.326 e. The lowest BCUT2D eigenvalue weighted by Gasteiger charge is -2.17. The van der Waals surface area contributed by atoms with E-state index in [-0.39, 0.29) is 6.04 Å². The number of carbonyl (C=O) groups is 2. The number of aliphatic carboxylic acids is 1. The average Bonchev–Trinajstić information content (AvgIpc) is 2.80. The first-order chi connectivity index (χ1) is 8.63. The average molecular weight is 260 g/mol. The summed E-state index contributed by atoms with van der Waals surface area (Å²) in [7, 11) is 1.55. The van der Waals surface area contributed by atoms with Gasteiger partial charge >= 0.3 is 12.0 Å². The van der Waals surface area contributed by atoms with Crippen molar-refractivity contribution in [3.05, 3.63) is 0 Å². The number of ether oxygens (including phenoxy) is 2. The SMILES string of the molecule is COCCCC(NC(=O)NC1CCOC1)C(=O)O. The number of methoxy groups -OCH3 is 1. The number of hydrogen-bond acceptors (Lipinski definition) is 4. The molecule has 0 aromatic rings. The third-order valence-electron chi connectivity index (χ3n) is 2.71. The van der Waals surface area contributed by atoms with Gasteiger partial charge in [-0.3, -0.25) is 0 Å². The standard InChI is InChI=1S/C11H20N2O5/c1-17-5-2-3-9(10(14)15)13-11(16)12-8-4-6-18-7-8/h8-9H,2-7H2,1H3,(H,14,15)(H2,12,13,16). The Morgan fingerprint density at radius 3 is 2.89 bits per heavy atom. The fourth-order valence-corrected chi connectivity index (χ4v) is 1.72. The quantitative estimate of drug-likeness (QED) is 0.558. The fraction of sp³-hybridized carbons (Fsp3) is 0.818. The van der Waals surface area contributed by atoms with Crippen molar-refractivity contribution in [1.82, 2.24) is 10.6 Å². The first-order valence-corrected chi connectivity index (χ1v) is 6.00. The molecule has 2 amide bonds. The molecule has 1 aliphatic heterocycles. The lowest BCUT2D eigenvalue weighted by molar-refractivity contribution is -0.139. The molecule has 0 aliphatic carbocycles. The van der Waals surface area contributed by atoms with Crippen molar-refractivity contribution < 1.29 is 24.2 Å². The molecular weight excluding hydrogens is 240 g/mol. The van der Waals surface area contributed by atoms with Crippen LogP contribution in [0.1, 0.15) is 19.3 Å². The zero-order chi connectivity index (χ0) is 13.4. The van der Waals surface area contributed by atoms with E-state index in [1.54, 1.807) is 7.11 Å². The Labute approximate surface area is 106 Å². The van der Waals surface area contributed by atoms with Gasteiger partial charge in [0.2, 0.25) is 0 Å². The predicted octanol–water partition coefficient (Wildman–Crippen LogP) is -0.0457. The minimum absolute atomic E-state index is 0.0292. The molecule has 3 N–H and O–H groups in total. The van der Waals surface area contributed by atoms with E-state index in [2.05, 4.69) is 10.6 Å². The molecule has 0 aromatic heterocycles. The Kier molecular flexibility index (Phi) is 6.45. The van der Waals surface area contributed by atoms with Crippen molar-refractivity contribution in [2.24, 2.45) is 0 Å². The van der Waals surface area contributed by atoms with Crippen LogP contribution in [0.4, 0.5) is 4.79 Å². The molecule has 1 aliphatic rings. The third kappa shape index (κ3) is 5.33. The van der Waals surface area contributed by atoms with E-state index in [1.165, 1.54) is 0 Å². The van der Waals surface area contributed by atoms with Crippen molar-refractivity contribution >= 4 is 12.0 Å². The number of amides is 2. The molecule has 1 saturated heterocycles. The van der Waals surface area contributed by atoms with Crippen LogP contribution in [0.2, 0.25) is 0 Å². The van der Waals surface area contributed by atoms with Gasteiger partial charge in [-0.25, -0.2) is 9.59 Å². The summed E-state index contributed by atoms with van der Waals surface area (Å²) in [5.41, 5.74) is 0. The fourth-order valence-electron chi connectivity index (χ4n) is 1.72. The molecule has 0 radical (unpaired) electrons. The van der Waals surface area contributed by atoms with Crippen molar-refractivity contribution in [2.75, 3.05) is 26.9 Å². The van der Waals surface area contributed by atoms with Gasteiger partial charge in [-0.1, -0.05) is 0 Å².